The van der Waals surface area contributed by atoms with Gasteiger partial charge in [-0.1, -0.05) is 6.08 Å². The molecule has 1 aromatic rings. The van der Waals surface area contributed by atoms with Crippen LogP contribution in [0.15, 0.2) is 17.6 Å². The number of anilines is 1. The molecule has 2 rings (SSSR count). The molecule has 1 aromatic heterocycles. The van der Waals surface area contributed by atoms with Crippen LogP contribution in [0.2, 0.25) is 0 Å². The molecule has 0 bridgehead atoms. The number of nitrogen functional groups attached to an aromatic ring is 1. The monoisotopic (exact) mass is 343 g/mol. The third-order valence-electron chi connectivity index (χ3n) is 4.35. The van der Waals surface area contributed by atoms with Crippen molar-refractivity contribution >= 4 is 19.0 Å². The van der Waals surface area contributed by atoms with Crippen molar-refractivity contribution in [3.05, 3.63) is 28.9 Å². The summed E-state index contributed by atoms with van der Waals surface area (Å²) in [6, 6.07) is 2.56. The highest BCUT2D eigenvalue weighted by atomic mass is 19.4. The third kappa shape index (κ3) is 3.58. The first-order chi connectivity index (χ1) is 10.9. The maximum absolute atomic E-state index is 13.2. The zero-order valence-corrected chi connectivity index (χ0v) is 14.1. The van der Waals surface area contributed by atoms with Gasteiger partial charge in [-0.15, -0.1) is 0 Å². The van der Waals surface area contributed by atoms with E-state index in [1.165, 1.54) is 18.2 Å². The van der Waals surface area contributed by atoms with Crippen LogP contribution in [0.25, 0.3) is 6.08 Å². The summed E-state index contributed by atoms with van der Waals surface area (Å²) in [5.74, 6) is -0.204. The van der Waals surface area contributed by atoms with Crippen molar-refractivity contribution in [1.82, 2.24) is 4.98 Å². The van der Waals surface area contributed by atoms with Crippen molar-refractivity contribution in [2.24, 2.45) is 5.73 Å². The van der Waals surface area contributed by atoms with Gasteiger partial charge in [0.15, 0.2) is 5.69 Å². The molecule has 4 N–H and O–H groups in total. The highest BCUT2D eigenvalue weighted by Crippen LogP contribution is 2.39. The molecule has 0 aliphatic carbocycles. The van der Waals surface area contributed by atoms with Crippen LogP contribution >= 0.6 is 0 Å². The Hall–Kier alpha value is -1.58. The lowest BCUT2D eigenvalue weighted by molar-refractivity contribution is -0.141. The molecule has 24 heavy (non-hydrogen) atoms. The van der Waals surface area contributed by atoms with Gasteiger partial charge in [-0.25, -0.2) is 4.98 Å². The van der Waals surface area contributed by atoms with Crippen molar-refractivity contribution < 1.29 is 22.5 Å². The summed E-state index contributed by atoms with van der Waals surface area (Å²) in [5.41, 5.74) is 9.06. The van der Waals surface area contributed by atoms with Crippen LogP contribution in [0.5, 0.6) is 0 Å². The van der Waals surface area contributed by atoms with Crippen molar-refractivity contribution in [2.75, 3.05) is 12.3 Å². The lowest BCUT2D eigenvalue weighted by Gasteiger charge is -2.32. The zero-order valence-electron chi connectivity index (χ0n) is 14.1. The Morgan fingerprint density at radius 3 is 2.21 bits per heavy atom. The summed E-state index contributed by atoms with van der Waals surface area (Å²) in [5, 5.41) is 0. The fourth-order valence-electron chi connectivity index (χ4n) is 2.25. The maximum Gasteiger partial charge on any atom is 0.491 e. The minimum atomic E-state index is -4.63. The van der Waals surface area contributed by atoms with E-state index >= 15 is 0 Å². The SMILES string of the molecule is CC1(C)OB(C(=Cc2ccc(N)nc2C(F)(F)F)CN)OC1(C)C. The van der Waals surface area contributed by atoms with Gasteiger partial charge < -0.3 is 20.8 Å². The van der Waals surface area contributed by atoms with Gasteiger partial charge in [-0.2, -0.15) is 13.2 Å². The zero-order chi connectivity index (χ0) is 18.3. The Bertz CT molecular complexity index is 644. The number of alkyl halides is 3. The lowest BCUT2D eigenvalue weighted by atomic mass is 9.77. The molecule has 9 heteroatoms. The number of hydrogen-bond donors (Lipinski definition) is 2. The summed E-state index contributed by atoms with van der Waals surface area (Å²) >= 11 is 0. The molecule has 1 aliphatic heterocycles. The van der Waals surface area contributed by atoms with Crippen LogP contribution < -0.4 is 11.5 Å². The van der Waals surface area contributed by atoms with Gasteiger partial charge in [0.1, 0.15) is 5.82 Å². The molecular weight excluding hydrogens is 322 g/mol. The predicted octanol–water partition coefficient (Wildman–Crippen LogP) is 2.66. The highest BCUT2D eigenvalue weighted by molar-refractivity contribution is 6.55. The van der Waals surface area contributed by atoms with Crippen molar-refractivity contribution in [3.63, 3.8) is 0 Å². The van der Waals surface area contributed by atoms with Crippen molar-refractivity contribution in [1.29, 1.82) is 0 Å². The van der Waals surface area contributed by atoms with Crippen LogP contribution in [0.1, 0.15) is 39.0 Å². The first kappa shape index (κ1) is 18.8. The number of pyridine rings is 1. The largest absolute Gasteiger partial charge is 0.491 e. The van der Waals surface area contributed by atoms with Crippen LogP contribution in [-0.4, -0.2) is 29.8 Å². The first-order valence-corrected chi connectivity index (χ1v) is 7.47. The minimum absolute atomic E-state index is 0.0154. The first-order valence-electron chi connectivity index (χ1n) is 7.47. The van der Waals surface area contributed by atoms with E-state index in [1.54, 1.807) is 0 Å². The van der Waals surface area contributed by atoms with Crippen molar-refractivity contribution in [2.45, 2.75) is 45.1 Å². The number of halogens is 3. The fraction of sp³-hybridized carbons (Fsp3) is 0.533. The molecule has 1 aliphatic rings. The van der Waals surface area contributed by atoms with Crippen LogP contribution in [-0.2, 0) is 15.5 Å². The van der Waals surface area contributed by atoms with E-state index in [1.807, 2.05) is 27.7 Å². The number of hydrogen-bond acceptors (Lipinski definition) is 5. The van der Waals surface area contributed by atoms with Crippen LogP contribution in [0.4, 0.5) is 19.0 Å². The Kier molecular flexibility index (Phi) is 4.73. The number of aromatic nitrogens is 1. The molecular formula is C15H21BF3N3O2. The topological polar surface area (TPSA) is 83.4 Å². The van der Waals surface area contributed by atoms with E-state index in [9.17, 15) is 13.2 Å². The molecule has 132 valence electrons. The van der Waals surface area contributed by atoms with Gasteiger partial charge in [-0.3, -0.25) is 0 Å². The maximum atomic E-state index is 13.2. The molecule has 0 spiro atoms. The van der Waals surface area contributed by atoms with E-state index in [4.69, 9.17) is 20.8 Å². The van der Waals surface area contributed by atoms with E-state index in [0.717, 1.165) is 0 Å². The van der Waals surface area contributed by atoms with Gasteiger partial charge in [0.05, 0.1) is 11.2 Å². The Labute approximate surface area is 139 Å². The van der Waals surface area contributed by atoms with Gasteiger partial charge >= 0.3 is 13.3 Å². The summed E-state index contributed by atoms with van der Waals surface area (Å²) in [6.07, 6.45) is -3.33. The molecule has 1 fully saturated rings. The molecule has 0 saturated carbocycles. The summed E-state index contributed by atoms with van der Waals surface area (Å²) in [4.78, 5) is 3.40. The molecule has 0 atom stereocenters. The van der Waals surface area contributed by atoms with Crippen LogP contribution in [0.3, 0.4) is 0 Å². The quantitative estimate of drug-likeness (QED) is 0.825. The van der Waals surface area contributed by atoms with Crippen LogP contribution in [0, 0.1) is 0 Å². The summed E-state index contributed by atoms with van der Waals surface area (Å²) < 4.78 is 51.2. The van der Waals surface area contributed by atoms with E-state index in [-0.39, 0.29) is 17.9 Å². The number of rotatable bonds is 3. The number of nitrogens with zero attached hydrogens (tertiary/aromatic N) is 1. The third-order valence-corrected chi connectivity index (χ3v) is 4.35. The predicted molar refractivity (Wildman–Crippen MR) is 86.8 cm³/mol. The van der Waals surface area contributed by atoms with E-state index in [2.05, 4.69) is 4.98 Å². The minimum Gasteiger partial charge on any atom is -0.400 e. The molecule has 0 amide bonds. The molecule has 0 aromatic carbocycles. The molecule has 2 heterocycles. The van der Waals surface area contributed by atoms with Crippen molar-refractivity contribution in [3.8, 4) is 0 Å². The Morgan fingerprint density at radius 2 is 1.75 bits per heavy atom. The second kappa shape index (κ2) is 6.05. The lowest BCUT2D eigenvalue weighted by Crippen LogP contribution is -2.41. The van der Waals surface area contributed by atoms with Gasteiger partial charge in [0.2, 0.25) is 0 Å². The average Bonchev–Trinajstić information content (AvgIpc) is 2.64. The van der Waals surface area contributed by atoms with Gasteiger partial charge in [0, 0.05) is 12.1 Å². The fourth-order valence-corrected chi connectivity index (χ4v) is 2.25. The molecule has 0 unspecified atom stereocenters. The smallest absolute Gasteiger partial charge is 0.400 e. The Balaban J connectivity index is 2.43. The number of nitrogens with two attached hydrogens (primary N) is 2. The highest BCUT2D eigenvalue weighted by Gasteiger charge is 2.52. The molecule has 1 saturated heterocycles. The van der Waals surface area contributed by atoms with Gasteiger partial charge in [-0.05, 0) is 45.3 Å². The molecule has 5 nitrogen and oxygen atoms in total. The summed E-state index contributed by atoms with van der Waals surface area (Å²) in [7, 11) is -0.821. The second-order valence-corrected chi connectivity index (χ2v) is 6.68. The average molecular weight is 343 g/mol. The Morgan fingerprint density at radius 1 is 1.21 bits per heavy atom. The van der Waals surface area contributed by atoms with E-state index in [0.29, 0.717) is 5.47 Å². The molecule has 0 radical (unpaired) electrons. The second-order valence-electron chi connectivity index (χ2n) is 6.68. The summed E-state index contributed by atoms with van der Waals surface area (Å²) in [6.45, 7) is 7.40. The standard InChI is InChI=1S/C15H21BF3N3O2/c1-13(2)14(3,4)24-16(23-13)10(8-20)7-9-5-6-11(21)22-12(9)15(17,18)19/h5-7H,8,20H2,1-4H3,(H2,21,22). The van der Waals surface area contributed by atoms with Gasteiger partial charge in [0.25, 0.3) is 0 Å². The normalized spacial score (nSPS) is 20.5. The van der Waals surface area contributed by atoms with E-state index < -0.39 is 30.2 Å².